The van der Waals surface area contributed by atoms with Gasteiger partial charge in [0.05, 0.1) is 6.61 Å². The van der Waals surface area contributed by atoms with E-state index >= 15 is 0 Å². The smallest absolute Gasteiger partial charge is 0.138 e. The second-order valence-corrected chi connectivity index (χ2v) is 3.28. The molecule has 0 saturated heterocycles. The van der Waals surface area contributed by atoms with Crippen molar-refractivity contribution in [2.24, 2.45) is 7.05 Å². The fourth-order valence-electron chi connectivity index (χ4n) is 1.36. The number of nitrogens with one attached hydrogen (secondary N) is 1. The monoisotopic (exact) mass is 198 g/mol. The van der Waals surface area contributed by atoms with Crippen LogP contribution in [0.4, 0.5) is 0 Å². The van der Waals surface area contributed by atoms with Crippen LogP contribution in [0.15, 0.2) is 6.33 Å². The maximum atomic E-state index is 5.09. The number of nitrogens with zero attached hydrogens (tertiary/aromatic N) is 3. The molecular weight excluding hydrogens is 180 g/mol. The van der Waals surface area contributed by atoms with Crippen molar-refractivity contribution in [1.82, 2.24) is 20.1 Å². The predicted octanol–water partition coefficient (Wildman–Crippen LogP) is -0.0179. The Morgan fingerprint density at radius 1 is 1.64 bits per heavy atom. The Balaban J connectivity index is 2.35. The van der Waals surface area contributed by atoms with Gasteiger partial charge in [0, 0.05) is 26.6 Å². The van der Waals surface area contributed by atoms with Crippen LogP contribution in [0.2, 0.25) is 0 Å². The first-order valence-corrected chi connectivity index (χ1v) is 4.77. The number of aryl methyl sites for hydroxylation is 2. The lowest BCUT2D eigenvalue weighted by atomic mass is 10.1. The van der Waals surface area contributed by atoms with Crippen LogP contribution in [-0.4, -0.2) is 41.6 Å². The van der Waals surface area contributed by atoms with Crippen molar-refractivity contribution in [3.05, 3.63) is 12.2 Å². The van der Waals surface area contributed by atoms with Gasteiger partial charge in [-0.3, -0.25) is 4.68 Å². The third-order valence-corrected chi connectivity index (χ3v) is 2.30. The largest absolute Gasteiger partial charge is 0.383 e. The van der Waals surface area contributed by atoms with E-state index in [1.54, 1.807) is 18.1 Å². The van der Waals surface area contributed by atoms with E-state index in [9.17, 15) is 0 Å². The van der Waals surface area contributed by atoms with Crippen LogP contribution in [0, 0.1) is 0 Å². The number of aromatic nitrogens is 3. The minimum Gasteiger partial charge on any atom is -0.383 e. The molecule has 1 aromatic heterocycles. The van der Waals surface area contributed by atoms with Gasteiger partial charge in [-0.2, -0.15) is 5.10 Å². The van der Waals surface area contributed by atoms with Crippen LogP contribution in [0.1, 0.15) is 12.2 Å². The van der Waals surface area contributed by atoms with Gasteiger partial charge in [0.1, 0.15) is 12.2 Å². The summed E-state index contributed by atoms with van der Waals surface area (Å²) in [4.78, 5) is 4.17. The van der Waals surface area contributed by atoms with Crippen LogP contribution in [0.3, 0.4) is 0 Å². The summed E-state index contributed by atoms with van der Waals surface area (Å²) in [6.45, 7) is 0.731. The first kappa shape index (κ1) is 11.1. The molecule has 0 amide bonds. The molecule has 80 valence electrons. The average molecular weight is 198 g/mol. The van der Waals surface area contributed by atoms with E-state index in [2.05, 4.69) is 15.4 Å². The second kappa shape index (κ2) is 5.72. The molecule has 0 aromatic carbocycles. The zero-order valence-corrected chi connectivity index (χ0v) is 9.03. The SMILES string of the molecule is CNC(CCc1ncnn1C)COC. The van der Waals surface area contributed by atoms with Gasteiger partial charge in [0.2, 0.25) is 0 Å². The molecule has 0 saturated carbocycles. The molecule has 5 nitrogen and oxygen atoms in total. The molecule has 1 rings (SSSR count). The van der Waals surface area contributed by atoms with Crippen molar-refractivity contribution >= 4 is 0 Å². The van der Waals surface area contributed by atoms with Crippen LogP contribution in [0.25, 0.3) is 0 Å². The van der Waals surface area contributed by atoms with E-state index in [1.807, 2.05) is 14.1 Å². The van der Waals surface area contributed by atoms with Crippen LogP contribution >= 0.6 is 0 Å². The van der Waals surface area contributed by atoms with Crippen molar-refractivity contribution in [1.29, 1.82) is 0 Å². The molecule has 14 heavy (non-hydrogen) atoms. The first-order chi connectivity index (χ1) is 6.77. The molecule has 5 heteroatoms. The quantitative estimate of drug-likeness (QED) is 0.698. The number of hydrogen-bond acceptors (Lipinski definition) is 4. The Hall–Kier alpha value is -0.940. The molecule has 1 N–H and O–H groups in total. The maximum Gasteiger partial charge on any atom is 0.138 e. The van der Waals surface area contributed by atoms with Gasteiger partial charge < -0.3 is 10.1 Å². The molecule has 0 aliphatic heterocycles. The number of rotatable bonds is 6. The average Bonchev–Trinajstić information content (AvgIpc) is 2.59. The molecule has 1 atom stereocenters. The van der Waals surface area contributed by atoms with Crippen LogP contribution < -0.4 is 5.32 Å². The van der Waals surface area contributed by atoms with E-state index in [4.69, 9.17) is 4.74 Å². The lowest BCUT2D eigenvalue weighted by Gasteiger charge is -2.14. The number of ether oxygens (including phenoxy) is 1. The van der Waals surface area contributed by atoms with Gasteiger partial charge in [-0.1, -0.05) is 0 Å². The number of hydrogen-bond donors (Lipinski definition) is 1. The molecule has 0 radical (unpaired) electrons. The summed E-state index contributed by atoms with van der Waals surface area (Å²) in [5.74, 6) is 1.02. The van der Waals surface area contributed by atoms with Crippen LogP contribution in [-0.2, 0) is 18.2 Å². The summed E-state index contributed by atoms with van der Waals surface area (Å²) in [5, 5.41) is 7.22. The standard InChI is InChI=1S/C9H18N4O/c1-10-8(6-14-3)4-5-9-11-7-12-13(9)2/h7-8,10H,4-6H2,1-3H3. The summed E-state index contributed by atoms with van der Waals surface area (Å²) in [5.41, 5.74) is 0. The minimum absolute atomic E-state index is 0.386. The van der Waals surface area contributed by atoms with Gasteiger partial charge in [-0.25, -0.2) is 4.98 Å². The summed E-state index contributed by atoms with van der Waals surface area (Å²) in [6.07, 6.45) is 3.52. The van der Waals surface area contributed by atoms with Crippen molar-refractivity contribution in [2.75, 3.05) is 20.8 Å². The molecule has 0 fully saturated rings. The third kappa shape index (κ3) is 3.08. The van der Waals surface area contributed by atoms with E-state index in [0.717, 1.165) is 25.3 Å². The summed E-state index contributed by atoms with van der Waals surface area (Å²) in [6, 6.07) is 0.386. The highest BCUT2D eigenvalue weighted by molar-refractivity contribution is 4.85. The van der Waals surface area contributed by atoms with E-state index in [-0.39, 0.29) is 0 Å². The van der Waals surface area contributed by atoms with E-state index in [0.29, 0.717) is 6.04 Å². The topological polar surface area (TPSA) is 52.0 Å². The Morgan fingerprint density at radius 2 is 2.43 bits per heavy atom. The summed E-state index contributed by atoms with van der Waals surface area (Å²) < 4.78 is 6.89. The lowest BCUT2D eigenvalue weighted by Crippen LogP contribution is -2.30. The van der Waals surface area contributed by atoms with Gasteiger partial charge >= 0.3 is 0 Å². The summed E-state index contributed by atoms with van der Waals surface area (Å²) >= 11 is 0. The van der Waals surface area contributed by atoms with Crippen molar-refractivity contribution < 1.29 is 4.74 Å². The molecule has 0 aliphatic rings. The number of methoxy groups -OCH3 is 1. The number of likely N-dealkylation sites (N-methyl/N-ethyl adjacent to an activating group) is 1. The molecule has 1 unspecified atom stereocenters. The van der Waals surface area contributed by atoms with E-state index in [1.165, 1.54) is 0 Å². The van der Waals surface area contributed by atoms with Crippen molar-refractivity contribution in [2.45, 2.75) is 18.9 Å². The van der Waals surface area contributed by atoms with Gasteiger partial charge in [-0.15, -0.1) is 0 Å². The maximum absolute atomic E-state index is 5.09. The van der Waals surface area contributed by atoms with Crippen molar-refractivity contribution in [3.8, 4) is 0 Å². The normalized spacial score (nSPS) is 13.1. The highest BCUT2D eigenvalue weighted by Crippen LogP contribution is 2.00. The van der Waals surface area contributed by atoms with Gasteiger partial charge in [-0.05, 0) is 13.5 Å². The fraction of sp³-hybridized carbons (Fsp3) is 0.778. The zero-order chi connectivity index (χ0) is 10.4. The molecule has 1 aromatic rings. The Labute approximate surface area is 84.5 Å². The minimum atomic E-state index is 0.386. The molecule has 1 heterocycles. The predicted molar refractivity (Wildman–Crippen MR) is 54.0 cm³/mol. The van der Waals surface area contributed by atoms with Gasteiger partial charge in [0.15, 0.2) is 0 Å². The second-order valence-electron chi connectivity index (χ2n) is 3.28. The zero-order valence-electron chi connectivity index (χ0n) is 9.03. The molecular formula is C9H18N4O. The fourth-order valence-corrected chi connectivity index (χ4v) is 1.36. The Kier molecular flexibility index (Phi) is 4.55. The lowest BCUT2D eigenvalue weighted by molar-refractivity contribution is 0.165. The Bertz CT molecular complexity index is 261. The third-order valence-electron chi connectivity index (χ3n) is 2.30. The Morgan fingerprint density at radius 3 is 2.93 bits per heavy atom. The molecule has 0 spiro atoms. The van der Waals surface area contributed by atoms with Crippen LogP contribution in [0.5, 0.6) is 0 Å². The summed E-state index contributed by atoms with van der Waals surface area (Å²) in [7, 11) is 5.57. The highest BCUT2D eigenvalue weighted by Gasteiger charge is 2.07. The van der Waals surface area contributed by atoms with E-state index < -0.39 is 0 Å². The highest BCUT2D eigenvalue weighted by atomic mass is 16.5. The molecule has 0 bridgehead atoms. The first-order valence-electron chi connectivity index (χ1n) is 4.77. The van der Waals surface area contributed by atoms with Gasteiger partial charge in [0.25, 0.3) is 0 Å². The van der Waals surface area contributed by atoms with Crippen molar-refractivity contribution in [3.63, 3.8) is 0 Å². The molecule has 0 aliphatic carbocycles.